The van der Waals surface area contributed by atoms with Crippen LogP contribution in [0.3, 0.4) is 0 Å². The Balaban J connectivity index is 1.34. The summed E-state index contributed by atoms with van der Waals surface area (Å²) in [5, 5.41) is 15.1. The van der Waals surface area contributed by atoms with E-state index in [9.17, 15) is 0 Å². The van der Waals surface area contributed by atoms with E-state index in [1.54, 1.807) is 18.4 Å². The van der Waals surface area contributed by atoms with E-state index in [2.05, 4.69) is 20.3 Å². The second-order valence-electron chi connectivity index (χ2n) is 5.82. The lowest BCUT2D eigenvalue weighted by molar-refractivity contribution is 0.378. The van der Waals surface area contributed by atoms with Crippen molar-refractivity contribution < 1.29 is 9.26 Å². The summed E-state index contributed by atoms with van der Waals surface area (Å²) in [5.41, 5.74) is 0.804. The van der Waals surface area contributed by atoms with Crippen molar-refractivity contribution in [3.8, 4) is 27.8 Å². The number of thiophene rings is 1. The Labute approximate surface area is 169 Å². The number of thioether (sulfide) groups is 1. The van der Waals surface area contributed by atoms with E-state index in [0.717, 1.165) is 22.6 Å². The topological polar surface area (TPSA) is 105 Å². The lowest BCUT2D eigenvalue weighted by Crippen LogP contribution is -2.12. The average molecular weight is 415 g/mol. The summed E-state index contributed by atoms with van der Waals surface area (Å²) >= 11 is 3.13. The van der Waals surface area contributed by atoms with Crippen LogP contribution >= 0.6 is 23.1 Å². The maximum Gasteiger partial charge on any atom is 0.227 e. The summed E-state index contributed by atoms with van der Waals surface area (Å²) in [7, 11) is 1.62. The molecule has 3 aromatic heterocycles. The molecule has 0 amide bonds. The van der Waals surface area contributed by atoms with Crippen molar-refractivity contribution in [2.24, 2.45) is 0 Å². The van der Waals surface area contributed by atoms with E-state index in [0.29, 0.717) is 34.9 Å². The van der Waals surface area contributed by atoms with E-state index in [4.69, 9.17) is 15.1 Å². The van der Waals surface area contributed by atoms with Crippen LogP contribution in [0, 0.1) is 0 Å². The number of methoxy groups -OCH3 is 1. The van der Waals surface area contributed by atoms with Crippen LogP contribution in [-0.4, -0.2) is 37.9 Å². The Morgan fingerprint density at radius 1 is 1.21 bits per heavy atom. The number of nitrogens with zero attached hydrogens (tertiary/aromatic N) is 5. The molecular weight excluding hydrogens is 396 g/mol. The second kappa shape index (κ2) is 8.44. The van der Waals surface area contributed by atoms with E-state index in [-0.39, 0.29) is 0 Å². The molecule has 0 saturated heterocycles. The van der Waals surface area contributed by atoms with Crippen molar-refractivity contribution in [2.45, 2.75) is 18.0 Å². The average Bonchev–Trinajstić information content (AvgIpc) is 3.47. The van der Waals surface area contributed by atoms with Crippen LogP contribution < -0.4 is 10.6 Å². The monoisotopic (exact) mass is 414 g/mol. The zero-order chi connectivity index (χ0) is 19.3. The molecule has 144 valence electrons. The first-order valence-corrected chi connectivity index (χ1v) is 10.5. The van der Waals surface area contributed by atoms with Crippen molar-refractivity contribution in [3.63, 3.8) is 0 Å². The maximum absolute atomic E-state index is 6.19. The number of aromatic nitrogens is 5. The standard InChI is InChI=1S/C18H18N6O2S2/c1-25-13-7-3-2-6-12(13)17-21-22-18(24(17)19)28-11-5-9-15-20-16(23-26-15)14-8-4-10-27-14/h2-4,6-8,10H,5,9,11,19H2,1H3. The smallest absolute Gasteiger partial charge is 0.227 e. The maximum atomic E-state index is 6.19. The van der Waals surface area contributed by atoms with Gasteiger partial charge in [-0.05, 0) is 30.0 Å². The molecular formula is C18H18N6O2S2. The van der Waals surface area contributed by atoms with Gasteiger partial charge < -0.3 is 15.1 Å². The number of benzene rings is 1. The number of nitrogen functional groups attached to an aromatic ring is 1. The number of nitrogens with two attached hydrogens (primary N) is 1. The molecule has 0 aliphatic rings. The van der Waals surface area contributed by atoms with Crippen molar-refractivity contribution >= 4 is 23.1 Å². The fourth-order valence-electron chi connectivity index (χ4n) is 2.64. The van der Waals surface area contributed by atoms with Gasteiger partial charge in [-0.1, -0.05) is 35.1 Å². The van der Waals surface area contributed by atoms with Gasteiger partial charge in [0.1, 0.15) is 5.75 Å². The number of hydrogen-bond acceptors (Lipinski definition) is 9. The third kappa shape index (κ3) is 3.87. The molecule has 4 rings (SSSR count). The number of aryl methyl sites for hydroxylation is 1. The van der Waals surface area contributed by atoms with Crippen molar-refractivity contribution in [1.29, 1.82) is 0 Å². The fourth-order valence-corrected chi connectivity index (χ4v) is 4.08. The van der Waals surface area contributed by atoms with Crippen LogP contribution in [0.5, 0.6) is 5.75 Å². The van der Waals surface area contributed by atoms with Crippen LogP contribution in [-0.2, 0) is 6.42 Å². The first kappa shape index (κ1) is 18.5. The van der Waals surface area contributed by atoms with E-state index < -0.39 is 0 Å². The number of hydrogen-bond donors (Lipinski definition) is 1. The Morgan fingerprint density at radius 3 is 2.93 bits per heavy atom. The third-order valence-electron chi connectivity index (χ3n) is 3.99. The van der Waals surface area contributed by atoms with Crippen LogP contribution in [0.2, 0.25) is 0 Å². The molecule has 8 nitrogen and oxygen atoms in total. The number of ether oxygens (including phenoxy) is 1. The molecule has 3 heterocycles. The Kier molecular flexibility index (Phi) is 5.58. The minimum atomic E-state index is 0.567. The van der Waals surface area contributed by atoms with Gasteiger partial charge in [0, 0.05) is 12.2 Å². The minimum Gasteiger partial charge on any atom is -0.496 e. The van der Waals surface area contributed by atoms with Gasteiger partial charge >= 0.3 is 0 Å². The van der Waals surface area contributed by atoms with Crippen LogP contribution in [0.15, 0.2) is 51.5 Å². The quantitative estimate of drug-likeness (QED) is 0.265. The first-order valence-electron chi connectivity index (χ1n) is 8.59. The van der Waals surface area contributed by atoms with Gasteiger partial charge in [-0.25, -0.2) is 4.68 Å². The molecule has 2 N–H and O–H groups in total. The molecule has 0 saturated carbocycles. The van der Waals surface area contributed by atoms with Gasteiger partial charge in [-0.3, -0.25) is 0 Å². The highest BCUT2D eigenvalue weighted by molar-refractivity contribution is 7.99. The largest absolute Gasteiger partial charge is 0.496 e. The molecule has 0 atom stereocenters. The van der Waals surface area contributed by atoms with Gasteiger partial charge in [0.15, 0.2) is 5.82 Å². The van der Waals surface area contributed by atoms with Gasteiger partial charge in [0.2, 0.25) is 16.9 Å². The fraction of sp³-hybridized carbons (Fsp3) is 0.222. The summed E-state index contributed by atoms with van der Waals surface area (Å²) in [6.45, 7) is 0. The predicted molar refractivity (Wildman–Crippen MR) is 109 cm³/mol. The summed E-state index contributed by atoms with van der Waals surface area (Å²) in [6, 6.07) is 11.5. The predicted octanol–water partition coefficient (Wildman–Crippen LogP) is 3.50. The Hall–Kier alpha value is -2.85. The van der Waals surface area contributed by atoms with Gasteiger partial charge in [-0.15, -0.1) is 21.5 Å². The minimum absolute atomic E-state index is 0.567. The van der Waals surface area contributed by atoms with Gasteiger partial charge in [-0.2, -0.15) is 4.98 Å². The molecule has 0 radical (unpaired) electrons. The lowest BCUT2D eigenvalue weighted by atomic mass is 10.2. The number of para-hydroxylation sites is 1. The third-order valence-corrected chi connectivity index (χ3v) is 5.88. The summed E-state index contributed by atoms with van der Waals surface area (Å²) in [6.07, 6.45) is 1.55. The van der Waals surface area contributed by atoms with E-state index >= 15 is 0 Å². The van der Waals surface area contributed by atoms with E-state index in [1.807, 2.05) is 41.8 Å². The lowest BCUT2D eigenvalue weighted by Gasteiger charge is -2.07. The summed E-state index contributed by atoms with van der Waals surface area (Å²) in [4.78, 5) is 5.43. The van der Waals surface area contributed by atoms with Gasteiger partial charge in [0.05, 0.1) is 17.6 Å². The first-order chi connectivity index (χ1) is 13.8. The molecule has 0 unspecified atom stereocenters. The molecule has 0 aliphatic heterocycles. The summed E-state index contributed by atoms with van der Waals surface area (Å²) in [5.74, 6) is 9.53. The molecule has 4 aromatic rings. The molecule has 0 aliphatic carbocycles. The molecule has 1 aromatic carbocycles. The van der Waals surface area contributed by atoms with E-state index in [1.165, 1.54) is 16.4 Å². The van der Waals surface area contributed by atoms with Crippen LogP contribution in [0.4, 0.5) is 0 Å². The normalized spacial score (nSPS) is 11.0. The van der Waals surface area contributed by atoms with Crippen molar-refractivity contribution in [1.82, 2.24) is 25.0 Å². The second-order valence-corrected chi connectivity index (χ2v) is 7.83. The Morgan fingerprint density at radius 2 is 2.11 bits per heavy atom. The highest BCUT2D eigenvalue weighted by Gasteiger charge is 2.16. The SMILES string of the molecule is COc1ccccc1-c1nnc(SCCCc2nc(-c3cccs3)no2)n1N. The molecule has 0 fully saturated rings. The molecule has 10 heteroatoms. The molecule has 0 spiro atoms. The number of rotatable bonds is 8. The zero-order valence-electron chi connectivity index (χ0n) is 15.1. The molecule has 28 heavy (non-hydrogen) atoms. The summed E-state index contributed by atoms with van der Waals surface area (Å²) < 4.78 is 12.2. The van der Waals surface area contributed by atoms with Crippen molar-refractivity contribution in [3.05, 3.63) is 47.7 Å². The van der Waals surface area contributed by atoms with Gasteiger partial charge in [0.25, 0.3) is 0 Å². The van der Waals surface area contributed by atoms with Crippen molar-refractivity contribution in [2.75, 3.05) is 18.7 Å². The zero-order valence-corrected chi connectivity index (χ0v) is 16.7. The highest BCUT2D eigenvalue weighted by atomic mass is 32.2. The molecule has 0 bridgehead atoms. The van der Waals surface area contributed by atoms with Crippen LogP contribution in [0.25, 0.3) is 22.1 Å². The van der Waals surface area contributed by atoms with Crippen LogP contribution in [0.1, 0.15) is 12.3 Å². The Bertz CT molecular complexity index is 1040. The highest BCUT2D eigenvalue weighted by Crippen LogP contribution is 2.29.